The second kappa shape index (κ2) is 6.59. The third kappa shape index (κ3) is 3.49. The van der Waals surface area contributed by atoms with Crippen LogP contribution >= 0.6 is 43.6 Å². The van der Waals surface area contributed by atoms with Gasteiger partial charge in [0.15, 0.2) is 0 Å². The molecular weight excluding hydrogens is 378 g/mol. The zero-order valence-corrected chi connectivity index (χ0v) is 13.7. The van der Waals surface area contributed by atoms with Crippen molar-refractivity contribution in [3.05, 3.63) is 51.0 Å². The number of pyridine rings is 1. The number of aromatic nitrogens is 1. The fourth-order valence-electron chi connectivity index (χ4n) is 1.41. The third-order valence-electron chi connectivity index (χ3n) is 2.34. The van der Waals surface area contributed by atoms with Crippen molar-refractivity contribution in [2.45, 2.75) is 10.8 Å². The first-order valence-corrected chi connectivity index (χ1v) is 7.83. The van der Waals surface area contributed by atoms with E-state index in [1.54, 1.807) is 25.1 Å². The van der Waals surface area contributed by atoms with Crippen LogP contribution in [0, 0.1) is 0 Å². The largest absolute Gasteiger partial charge is 0.497 e. The van der Waals surface area contributed by atoms with Crippen molar-refractivity contribution in [3.8, 4) is 5.75 Å². The number of hydrogen-bond acceptors (Lipinski definition) is 3. The van der Waals surface area contributed by atoms with E-state index in [1.165, 1.54) is 5.56 Å². The Balaban J connectivity index is 2.13. The summed E-state index contributed by atoms with van der Waals surface area (Å²) < 4.78 is 7.34. The molecule has 2 aromatic rings. The van der Waals surface area contributed by atoms with Gasteiger partial charge in [0.05, 0.1) is 7.11 Å². The van der Waals surface area contributed by atoms with Crippen LogP contribution in [-0.2, 0) is 5.75 Å². The molecule has 1 heterocycles. The van der Waals surface area contributed by atoms with Crippen LogP contribution in [0.15, 0.2) is 50.5 Å². The lowest BCUT2D eigenvalue weighted by Crippen LogP contribution is -1.88. The van der Waals surface area contributed by atoms with Gasteiger partial charge in [0.25, 0.3) is 0 Å². The van der Waals surface area contributed by atoms with Crippen molar-refractivity contribution < 1.29 is 4.74 Å². The van der Waals surface area contributed by atoms with Crippen LogP contribution < -0.4 is 4.74 Å². The topological polar surface area (TPSA) is 22.1 Å². The number of nitrogens with zero attached hydrogens (tertiary/aromatic N) is 1. The lowest BCUT2D eigenvalue weighted by Gasteiger charge is -2.07. The summed E-state index contributed by atoms with van der Waals surface area (Å²) in [5.41, 5.74) is 1.19. The fourth-order valence-corrected chi connectivity index (χ4v) is 3.46. The van der Waals surface area contributed by atoms with Crippen LogP contribution in [0.25, 0.3) is 0 Å². The monoisotopic (exact) mass is 387 g/mol. The van der Waals surface area contributed by atoms with E-state index in [1.807, 2.05) is 30.3 Å². The van der Waals surface area contributed by atoms with Crippen molar-refractivity contribution in [1.29, 1.82) is 0 Å². The maximum absolute atomic E-state index is 5.23. The van der Waals surface area contributed by atoms with Crippen LogP contribution in [0.3, 0.4) is 0 Å². The third-order valence-corrected chi connectivity index (χ3v) is 5.07. The highest BCUT2D eigenvalue weighted by molar-refractivity contribution is 9.10. The minimum atomic E-state index is 0.841. The number of ether oxygens (including phenoxy) is 1. The van der Waals surface area contributed by atoms with Gasteiger partial charge in [-0.1, -0.05) is 15.9 Å². The molecule has 0 radical (unpaired) electrons. The normalized spacial score (nSPS) is 10.4. The molecule has 0 fully saturated rings. The zero-order valence-electron chi connectivity index (χ0n) is 9.69. The van der Waals surface area contributed by atoms with E-state index in [0.29, 0.717) is 0 Å². The summed E-state index contributed by atoms with van der Waals surface area (Å²) in [7, 11) is 1.68. The summed E-state index contributed by atoms with van der Waals surface area (Å²) in [6.07, 6.45) is 1.80. The number of methoxy groups -OCH3 is 1. The summed E-state index contributed by atoms with van der Waals surface area (Å²) in [5, 5.41) is 0.993. The smallest absolute Gasteiger partial charge is 0.119 e. The summed E-state index contributed by atoms with van der Waals surface area (Å²) in [4.78, 5) is 4.34. The lowest BCUT2D eigenvalue weighted by atomic mass is 10.2. The molecular formula is C13H11Br2NOS. The molecule has 0 aliphatic heterocycles. The fraction of sp³-hybridized carbons (Fsp3) is 0.154. The van der Waals surface area contributed by atoms with E-state index in [2.05, 4.69) is 36.8 Å². The molecule has 5 heteroatoms. The molecule has 1 aromatic carbocycles. The first-order valence-electron chi connectivity index (χ1n) is 5.26. The van der Waals surface area contributed by atoms with Gasteiger partial charge in [0, 0.05) is 20.9 Å². The second-order valence-corrected chi connectivity index (χ2v) is 6.21. The minimum absolute atomic E-state index is 0.841. The maximum atomic E-state index is 5.23. The molecule has 0 bridgehead atoms. The number of hydrogen-bond donors (Lipinski definition) is 0. The molecule has 18 heavy (non-hydrogen) atoms. The highest BCUT2D eigenvalue weighted by Gasteiger charge is 2.06. The Morgan fingerprint density at radius 2 is 2.06 bits per heavy atom. The van der Waals surface area contributed by atoms with E-state index in [4.69, 9.17) is 4.74 Å². The van der Waals surface area contributed by atoms with E-state index >= 15 is 0 Å². The van der Waals surface area contributed by atoms with Gasteiger partial charge in [0.1, 0.15) is 10.8 Å². The molecule has 0 aliphatic carbocycles. The Morgan fingerprint density at radius 3 is 2.78 bits per heavy atom. The van der Waals surface area contributed by atoms with Crippen molar-refractivity contribution in [2.75, 3.05) is 7.11 Å². The molecule has 0 aliphatic rings. The van der Waals surface area contributed by atoms with Gasteiger partial charge < -0.3 is 4.74 Å². The Morgan fingerprint density at radius 1 is 1.22 bits per heavy atom. The summed E-state index contributed by atoms with van der Waals surface area (Å²) in [6.45, 7) is 0. The highest BCUT2D eigenvalue weighted by Crippen LogP contribution is 2.31. The Hall–Kier alpha value is -0.520. The molecule has 0 saturated carbocycles. The Bertz CT molecular complexity index is 548. The van der Waals surface area contributed by atoms with Crippen LogP contribution in [-0.4, -0.2) is 12.1 Å². The summed E-state index contributed by atoms with van der Waals surface area (Å²) in [5.74, 6) is 1.71. The second-order valence-electron chi connectivity index (χ2n) is 3.54. The molecule has 2 rings (SSSR count). The van der Waals surface area contributed by atoms with Gasteiger partial charge in [-0.25, -0.2) is 4.98 Å². The van der Waals surface area contributed by atoms with Crippen LogP contribution in [0.5, 0.6) is 5.75 Å². The van der Waals surface area contributed by atoms with Crippen molar-refractivity contribution in [1.82, 2.24) is 4.98 Å². The number of halogens is 2. The minimum Gasteiger partial charge on any atom is -0.497 e. The van der Waals surface area contributed by atoms with Gasteiger partial charge in [-0.15, -0.1) is 11.8 Å². The van der Waals surface area contributed by atoms with Crippen LogP contribution in [0.1, 0.15) is 5.56 Å². The first kappa shape index (κ1) is 13.9. The van der Waals surface area contributed by atoms with E-state index < -0.39 is 0 Å². The predicted octanol–water partition coefficient (Wildman–Crippen LogP) is 4.91. The Labute approximate surface area is 127 Å². The molecule has 1 aromatic heterocycles. The number of rotatable bonds is 4. The van der Waals surface area contributed by atoms with E-state index in [-0.39, 0.29) is 0 Å². The molecule has 0 atom stereocenters. The van der Waals surface area contributed by atoms with Gasteiger partial charge >= 0.3 is 0 Å². The zero-order chi connectivity index (χ0) is 13.0. The average Bonchev–Trinajstić information content (AvgIpc) is 2.39. The molecule has 0 amide bonds. The van der Waals surface area contributed by atoms with Crippen molar-refractivity contribution in [2.24, 2.45) is 0 Å². The predicted molar refractivity (Wildman–Crippen MR) is 82.2 cm³/mol. The maximum Gasteiger partial charge on any atom is 0.119 e. The quantitative estimate of drug-likeness (QED) is 0.695. The van der Waals surface area contributed by atoms with Gasteiger partial charge in [-0.3, -0.25) is 0 Å². The van der Waals surface area contributed by atoms with Gasteiger partial charge in [-0.2, -0.15) is 0 Å². The number of benzene rings is 1. The molecule has 0 unspecified atom stereocenters. The lowest BCUT2D eigenvalue weighted by molar-refractivity contribution is 0.414. The van der Waals surface area contributed by atoms with Crippen molar-refractivity contribution >= 4 is 43.6 Å². The molecule has 0 spiro atoms. The average molecular weight is 389 g/mol. The SMILES string of the molecule is COc1ccc(Br)c(CSc2ncccc2Br)c1. The standard InChI is InChI=1S/C13H11Br2NOS/c1-17-10-4-5-11(14)9(7-10)8-18-13-12(15)3-2-6-16-13/h2-7H,8H2,1H3. The Kier molecular flexibility index (Phi) is 5.09. The molecule has 0 saturated heterocycles. The van der Waals surface area contributed by atoms with Crippen LogP contribution in [0.4, 0.5) is 0 Å². The molecule has 0 N–H and O–H groups in total. The first-order chi connectivity index (χ1) is 8.70. The van der Waals surface area contributed by atoms with E-state index in [0.717, 1.165) is 25.5 Å². The summed E-state index contributed by atoms with van der Waals surface area (Å²) in [6, 6.07) is 9.89. The van der Waals surface area contributed by atoms with Gasteiger partial charge in [0.2, 0.25) is 0 Å². The molecule has 94 valence electrons. The van der Waals surface area contributed by atoms with Gasteiger partial charge in [-0.05, 0) is 51.8 Å². The number of thioether (sulfide) groups is 1. The van der Waals surface area contributed by atoms with E-state index in [9.17, 15) is 0 Å². The van der Waals surface area contributed by atoms with Crippen LogP contribution in [0.2, 0.25) is 0 Å². The summed E-state index contributed by atoms with van der Waals surface area (Å²) >= 11 is 8.74. The highest BCUT2D eigenvalue weighted by atomic mass is 79.9. The molecule has 2 nitrogen and oxygen atoms in total. The van der Waals surface area contributed by atoms with Crippen molar-refractivity contribution in [3.63, 3.8) is 0 Å².